The summed E-state index contributed by atoms with van der Waals surface area (Å²) in [6, 6.07) is 13.6. The van der Waals surface area contributed by atoms with Crippen LogP contribution < -0.4 is 10.1 Å². The lowest BCUT2D eigenvalue weighted by molar-refractivity contribution is -0.115. The summed E-state index contributed by atoms with van der Waals surface area (Å²) in [7, 11) is -1.56. The molecule has 0 aliphatic carbocycles. The molecule has 0 atom stereocenters. The first-order valence-electron chi connectivity index (χ1n) is 11.4. The Morgan fingerprint density at radius 1 is 1.03 bits per heavy atom. The number of rotatable bonds is 8. The Kier molecular flexibility index (Phi) is 7.54. The quantitative estimate of drug-likeness (QED) is 0.509. The second-order valence-corrected chi connectivity index (χ2v) is 10.6. The standard InChI is InChI=1S/C25H30N4O5S/c1-18-24(19(2)34-27-18)17-33-22-8-4-20(5-9-22)16-25(30)26-21-6-10-23(11-7-21)35(31,32)29-14-12-28(3)13-15-29/h4-11H,12-17H2,1-3H3,(H,26,30). The van der Waals surface area contributed by atoms with E-state index in [1.54, 1.807) is 12.1 Å². The van der Waals surface area contributed by atoms with Gasteiger partial charge in [0.1, 0.15) is 18.1 Å². The number of hydrogen-bond acceptors (Lipinski definition) is 7. The van der Waals surface area contributed by atoms with E-state index < -0.39 is 10.0 Å². The van der Waals surface area contributed by atoms with Gasteiger partial charge in [-0.2, -0.15) is 4.31 Å². The van der Waals surface area contributed by atoms with Crippen LogP contribution in [0.2, 0.25) is 0 Å². The molecule has 1 aromatic heterocycles. The van der Waals surface area contributed by atoms with Gasteiger partial charge in [0, 0.05) is 31.9 Å². The van der Waals surface area contributed by atoms with Crippen LogP contribution >= 0.6 is 0 Å². The van der Waals surface area contributed by atoms with Gasteiger partial charge < -0.3 is 19.5 Å². The van der Waals surface area contributed by atoms with Crippen molar-refractivity contribution in [3.05, 3.63) is 71.1 Å². The highest BCUT2D eigenvalue weighted by Gasteiger charge is 2.27. The van der Waals surface area contributed by atoms with Crippen molar-refractivity contribution in [2.75, 3.05) is 38.5 Å². The van der Waals surface area contributed by atoms with E-state index in [2.05, 4.69) is 15.4 Å². The largest absolute Gasteiger partial charge is 0.489 e. The SMILES string of the molecule is Cc1noc(C)c1COc1ccc(CC(=O)Nc2ccc(S(=O)(=O)N3CCN(C)CC3)cc2)cc1. The number of amides is 1. The van der Waals surface area contributed by atoms with Gasteiger partial charge in [-0.15, -0.1) is 0 Å². The molecule has 10 heteroatoms. The third-order valence-electron chi connectivity index (χ3n) is 6.09. The number of piperazine rings is 1. The minimum absolute atomic E-state index is 0.186. The molecule has 0 bridgehead atoms. The third-order valence-corrected chi connectivity index (χ3v) is 8.00. The van der Waals surface area contributed by atoms with E-state index in [1.807, 2.05) is 45.2 Å². The number of ether oxygens (including phenoxy) is 1. The van der Waals surface area contributed by atoms with Crippen molar-refractivity contribution in [3.63, 3.8) is 0 Å². The molecule has 1 N–H and O–H groups in total. The van der Waals surface area contributed by atoms with Gasteiger partial charge in [-0.3, -0.25) is 4.79 Å². The predicted octanol–water partition coefficient (Wildman–Crippen LogP) is 2.99. The Balaban J connectivity index is 1.29. The van der Waals surface area contributed by atoms with Crippen LogP contribution in [0.25, 0.3) is 0 Å². The zero-order valence-corrected chi connectivity index (χ0v) is 21.0. The van der Waals surface area contributed by atoms with Crippen LogP contribution in [0.3, 0.4) is 0 Å². The lowest BCUT2D eigenvalue weighted by Gasteiger charge is -2.31. The highest BCUT2D eigenvalue weighted by Crippen LogP contribution is 2.21. The van der Waals surface area contributed by atoms with Crippen molar-refractivity contribution in [2.45, 2.75) is 31.8 Å². The number of carbonyl (C=O) groups is 1. The second kappa shape index (κ2) is 10.6. The summed E-state index contributed by atoms with van der Waals surface area (Å²) in [5, 5.41) is 6.74. The fourth-order valence-electron chi connectivity index (χ4n) is 3.85. The van der Waals surface area contributed by atoms with Crippen molar-refractivity contribution in [3.8, 4) is 5.75 Å². The van der Waals surface area contributed by atoms with E-state index in [4.69, 9.17) is 9.26 Å². The van der Waals surface area contributed by atoms with E-state index in [0.29, 0.717) is 44.2 Å². The summed E-state index contributed by atoms with van der Waals surface area (Å²) in [4.78, 5) is 14.8. The summed E-state index contributed by atoms with van der Waals surface area (Å²) < 4.78 is 38.1. The highest BCUT2D eigenvalue weighted by molar-refractivity contribution is 7.89. The van der Waals surface area contributed by atoms with Crippen molar-refractivity contribution < 1.29 is 22.5 Å². The van der Waals surface area contributed by atoms with Gasteiger partial charge in [0.25, 0.3) is 0 Å². The number of sulfonamides is 1. The summed E-state index contributed by atoms with van der Waals surface area (Å²) in [5.41, 5.74) is 3.12. The number of nitrogens with one attached hydrogen (secondary N) is 1. The van der Waals surface area contributed by atoms with Gasteiger partial charge in [0.2, 0.25) is 15.9 Å². The fourth-order valence-corrected chi connectivity index (χ4v) is 5.27. The van der Waals surface area contributed by atoms with Crippen LogP contribution in [0.15, 0.2) is 57.9 Å². The number of hydrogen-bond donors (Lipinski definition) is 1. The smallest absolute Gasteiger partial charge is 0.243 e. The Hall–Kier alpha value is -3.21. The number of nitrogens with zero attached hydrogens (tertiary/aromatic N) is 3. The lowest BCUT2D eigenvalue weighted by atomic mass is 10.1. The number of benzene rings is 2. The molecule has 0 radical (unpaired) electrons. The predicted molar refractivity (Wildman–Crippen MR) is 132 cm³/mol. The van der Waals surface area contributed by atoms with Crippen molar-refractivity contribution in [1.82, 2.24) is 14.4 Å². The summed E-state index contributed by atoms with van der Waals surface area (Å²) in [5.74, 6) is 1.23. The molecular formula is C25H30N4O5S. The number of aryl methyl sites for hydroxylation is 2. The van der Waals surface area contributed by atoms with Gasteiger partial charge in [-0.25, -0.2) is 8.42 Å². The molecule has 0 saturated carbocycles. The number of likely N-dealkylation sites (N-methyl/N-ethyl adjacent to an activating group) is 1. The van der Waals surface area contributed by atoms with Crippen LogP contribution in [0.1, 0.15) is 22.6 Å². The summed E-state index contributed by atoms with van der Waals surface area (Å²) >= 11 is 0. The van der Waals surface area contributed by atoms with Crippen LogP contribution in [-0.4, -0.2) is 61.9 Å². The molecule has 1 saturated heterocycles. The maximum atomic E-state index is 12.8. The Bertz CT molecular complexity index is 1240. The Morgan fingerprint density at radius 3 is 2.29 bits per heavy atom. The first-order chi connectivity index (χ1) is 16.7. The molecule has 2 aromatic carbocycles. The maximum Gasteiger partial charge on any atom is 0.243 e. The minimum atomic E-state index is -3.53. The highest BCUT2D eigenvalue weighted by atomic mass is 32.2. The molecule has 0 spiro atoms. The molecule has 2 heterocycles. The number of carbonyl (C=O) groups excluding carboxylic acids is 1. The van der Waals surface area contributed by atoms with Crippen LogP contribution in [0.5, 0.6) is 5.75 Å². The molecule has 186 valence electrons. The molecule has 9 nitrogen and oxygen atoms in total. The Morgan fingerprint density at radius 2 is 1.69 bits per heavy atom. The van der Waals surface area contributed by atoms with Crippen molar-refractivity contribution in [1.29, 1.82) is 0 Å². The average Bonchev–Trinajstić information content (AvgIpc) is 3.16. The topological polar surface area (TPSA) is 105 Å². The van der Waals surface area contributed by atoms with Crippen molar-refractivity contribution >= 4 is 21.6 Å². The van der Waals surface area contributed by atoms with Gasteiger partial charge in [-0.05, 0) is 62.9 Å². The van der Waals surface area contributed by atoms with E-state index in [9.17, 15) is 13.2 Å². The van der Waals surface area contributed by atoms with E-state index in [-0.39, 0.29) is 17.2 Å². The second-order valence-electron chi connectivity index (χ2n) is 8.69. The summed E-state index contributed by atoms with van der Waals surface area (Å²) in [6.45, 7) is 6.45. The normalized spacial score (nSPS) is 15.2. The molecule has 1 aliphatic rings. The van der Waals surface area contributed by atoms with Crippen molar-refractivity contribution in [2.24, 2.45) is 0 Å². The fraction of sp³-hybridized carbons (Fsp3) is 0.360. The van der Waals surface area contributed by atoms with Gasteiger partial charge in [-0.1, -0.05) is 17.3 Å². The lowest BCUT2D eigenvalue weighted by Crippen LogP contribution is -2.46. The molecule has 0 unspecified atom stereocenters. The van der Waals surface area contributed by atoms with E-state index >= 15 is 0 Å². The van der Waals surface area contributed by atoms with Crippen LogP contribution in [0, 0.1) is 13.8 Å². The monoisotopic (exact) mass is 498 g/mol. The Labute approximate surface area is 205 Å². The summed E-state index contributed by atoms with van der Waals surface area (Å²) in [6.07, 6.45) is 0.186. The molecular weight excluding hydrogens is 468 g/mol. The van der Waals surface area contributed by atoms with Gasteiger partial charge >= 0.3 is 0 Å². The maximum absolute atomic E-state index is 12.8. The van der Waals surface area contributed by atoms with Crippen LogP contribution in [0.4, 0.5) is 5.69 Å². The minimum Gasteiger partial charge on any atom is -0.489 e. The van der Waals surface area contributed by atoms with Crippen LogP contribution in [-0.2, 0) is 27.8 Å². The molecule has 1 aliphatic heterocycles. The molecule has 1 amide bonds. The first kappa shape index (κ1) is 24.9. The number of aromatic nitrogens is 1. The molecule has 1 fully saturated rings. The van der Waals surface area contributed by atoms with Gasteiger partial charge in [0.05, 0.1) is 22.6 Å². The zero-order valence-electron chi connectivity index (χ0n) is 20.2. The molecule has 35 heavy (non-hydrogen) atoms. The number of anilines is 1. The van der Waals surface area contributed by atoms with E-state index in [0.717, 1.165) is 22.6 Å². The van der Waals surface area contributed by atoms with E-state index in [1.165, 1.54) is 16.4 Å². The first-order valence-corrected chi connectivity index (χ1v) is 12.9. The molecule has 3 aromatic rings. The zero-order chi connectivity index (χ0) is 25.0. The molecule has 4 rings (SSSR count). The van der Waals surface area contributed by atoms with Gasteiger partial charge in [0.15, 0.2) is 0 Å². The third kappa shape index (κ3) is 6.08. The average molecular weight is 499 g/mol.